The first-order chi connectivity index (χ1) is 10.1. The van der Waals surface area contributed by atoms with Crippen molar-refractivity contribution >= 4 is 23.2 Å². The molecule has 1 aromatic rings. The molecule has 0 aromatic heterocycles. The third kappa shape index (κ3) is 5.64. The summed E-state index contributed by atoms with van der Waals surface area (Å²) in [6, 6.07) is 4.68. The maximum Gasteiger partial charge on any atom is 0.279 e. The third-order valence-electron chi connectivity index (χ3n) is 3.99. The summed E-state index contributed by atoms with van der Waals surface area (Å²) in [7, 11) is 0. The first kappa shape index (κ1) is 16.2. The topological polar surface area (TPSA) is 45.7 Å². The lowest BCUT2D eigenvalue weighted by Crippen LogP contribution is -2.91. The van der Waals surface area contributed by atoms with Gasteiger partial charge in [-0.2, -0.15) is 0 Å². The van der Waals surface area contributed by atoms with Crippen LogP contribution in [0.3, 0.4) is 0 Å². The van der Waals surface area contributed by atoms with Crippen molar-refractivity contribution in [3.8, 4) is 0 Å². The van der Waals surface area contributed by atoms with E-state index in [1.165, 1.54) is 63.1 Å². The molecule has 1 saturated carbocycles. The molecule has 1 fully saturated rings. The van der Waals surface area contributed by atoms with E-state index in [1.54, 1.807) is 0 Å². The molecule has 1 aliphatic carbocycles. The maximum absolute atomic E-state index is 13.5. The minimum atomic E-state index is -0.460. The highest BCUT2D eigenvalue weighted by molar-refractivity contribution is 6.30. The number of rotatable bonds is 4. The summed E-state index contributed by atoms with van der Waals surface area (Å²) in [5, 5.41) is 5.09. The van der Waals surface area contributed by atoms with Gasteiger partial charge in [0.1, 0.15) is 5.82 Å². The van der Waals surface area contributed by atoms with Crippen molar-refractivity contribution < 1.29 is 14.5 Å². The highest BCUT2D eigenvalue weighted by Crippen LogP contribution is 2.19. The summed E-state index contributed by atoms with van der Waals surface area (Å²) in [6.45, 7) is 0.330. The Morgan fingerprint density at radius 1 is 1.24 bits per heavy atom. The van der Waals surface area contributed by atoms with Crippen LogP contribution in [0.1, 0.15) is 44.9 Å². The van der Waals surface area contributed by atoms with E-state index in [-0.39, 0.29) is 11.6 Å². The lowest BCUT2D eigenvalue weighted by Gasteiger charge is -2.18. The SMILES string of the molecule is O=C(C[NH2+]C1CCCCCCC1)Nc1cc(Cl)ccc1F. The molecule has 5 heteroatoms. The standard InChI is InChI=1S/C16H22ClFN2O/c17-12-8-9-14(18)15(10-12)20-16(21)11-19-13-6-4-2-1-3-5-7-13/h8-10,13,19H,1-7,11H2,(H,20,21)/p+1. The number of hydrogen-bond donors (Lipinski definition) is 2. The number of quaternary nitrogens is 1. The summed E-state index contributed by atoms with van der Waals surface area (Å²) in [4.78, 5) is 11.9. The Hall–Kier alpha value is -1.13. The number of amides is 1. The van der Waals surface area contributed by atoms with Gasteiger partial charge >= 0.3 is 0 Å². The lowest BCUT2D eigenvalue weighted by atomic mass is 9.97. The van der Waals surface area contributed by atoms with Crippen LogP contribution in [0.15, 0.2) is 18.2 Å². The zero-order valence-corrected chi connectivity index (χ0v) is 13.0. The van der Waals surface area contributed by atoms with Crippen LogP contribution >= 0.6 is 11.6 Å². The summed E-state index contributed by atoms with van der Waals surface area (Å²) in [6.07, 6.45) is 8.74. The number of carbonyl (C=O) groups is 1. The lowest BCUT2D eigenvalue weighted by molar-refractivity contribution is -0.680. The zero-order valence-electron chi connectivity index (χ0n) is 12.2. The van der Waals surface area contributed by atoms with Crippen LogP contribution < -0.4 is 10.6 Å². The van der Waals surface area contributed by atoms with Crippen molar-refractivity contribution in [3.05, 3.63) is 29.0 Å². The molecule has 0 radical (unpaired) electrons. The van der Waals surface area contributed by atoms with E-state index in [2.05, 4.69) is 10.6 Å². The molecular formula is C16H23ClFN2O+. The zero-order chi connectivity index (χ0) is 15.1. The van der Waals surface area contributed by atoms with E-state index >= 15 is 0 Å². The molecule has 0 unspecified atom stereocenters. The normalized spacial score (nSPS) is 17.0. The summed E-state index contributed by atoms with van der Waals surface area (Å²) >= 11 is 5.81. The van der Waals surface area contributed by atoms with E-state index < -0.39 is 5.82 Å². The largest absolute Gasteiger partial charge is 0.336 e. The fraction of sp³-hybridized carbons (Fsp3) is 0.562. The van der Waals surface area contributed by atoms with E-state index in [4.69, 9.17) is 11.6 Å². The Bertz CT molecular complexity index is 473. The molecular weight excluding hydrogens is 291 g/mol. The van der Waals surface area contributed by atoms with E-state index in [1.807, 2.05) is 0 Å². The van der Waals surface area contributed by atoms with Crippen LogP contribution in [-0.4, -0.2) is 18.5 Å². The second-order valence-corrected chi connectivity index (χ2v) is 6.15. The molecule has 0 aliphatic heterocycles. The molecule has 0 heterocycles. The quantitative estimate of drug-likeness (QED) is 0.881. The molecule has 116 valence electrons. The molecule has 0 atom stereocenters. The van der Waals surface area contributed by atoms with E-state index in [0.29, 0.717) is 17.6 Å². The first-order valence-corrected chi connectivity index (χ1v) is 8.11. The van der Waals surface area contributed by atoms with Crippen molar-refractivity contribution in [1.29, 1.82) is 0 Å². The van der Waals surface area contributed by atoms with Crippen LogP contribution in [0.25, 0.3) is 0 Å². The van der Waals surface area contributed by atoms with Crippen molar-refractivity contribution in [2.75, 3.05) is 11.9 Å². The molecule has 0 saturated heterocycles. The number of anilines is 1. The maximum atomic E-state index is 13.5. The number of carbonyl (C=O) groups excluding carboxylic acids is 1. The van der Waals surface area contributed by atoms with Crippen LogP contribution in [0, 0.1) is 5.82 Å². The van der Waals surface area contributed by atoms with Gasteiger partial charge in [-0.05, 0) is 43.9 Å². The predicted molar refractivity (Wildman–Crippen MR) is 82.9 cm³/mol. The van der Waals surface area contributed by atoms with Crippen molar-refractivity contribution in [2.45, 2.75) is 51.0 Å². The molecule has 3 nitrogen and oxygen atoms in total. The number of benzene rings is 1. The molecule has 1 aliphatic rings. The Labute approximate surface area is 130 Å². The van der Waals surface area contributed by atoms with Gasteiger partial charge in [0, 0.05) is 5.02 Å². The molecule has 0 spiro atoms. The van der Waals surface area contributed by atoms with Gasteiger partial charge in [-0.1, -0.05) is 30.9 Å². The Balaban J connectivity index is 1.79. The van der Waals surface area contributed by atoms with Gasteiger partial charge in [0.05, 0.1) is 11.7 Å². The van der Waals surface area contributed by atoms with Crippen LogP contribution in [-0.2, 0) is 4.79 Å². The highest BCUT2D eigenvalue weighted by atomic mass is 35.5. The second kappa shape index (κ2) is 8.35. The number of nitrogens with one attached hydrogen (secondary N) is 1. The summed E-state index contributed by atoms with van der Waals surface area (Å²) in [5.41, 5.74) is 0.151. The molecule has 21 heavy (non-hydrogen) atoms. The van der Waals surface area contributed by atoms with Gasteiger partial charge in [-0.15, -0.1) is 0 Å². The fourth-order valence-electron chi connectivity index (χ4n) is 2.79. The summed E-state index contributed by atoms with van der Waals surface area (Å²) in [5.74, 6) is -0.642. The monoisotopic (exact) mass is 313 g/mol. The highest BCUT2D eigenvalue weighted by Gasteiger charge is 2.16. The summed E-state index contributed by atoms with van der Waals surface area (Å²) < 4.78 is 13.5. The number of hydrogen-bond acceptors (Lipinski definition) is 1. The Morgan fingerprint density at radius 2 is 1.90 bits per heavy atom. The predicted octanol–water partition coefficient (Wildman–Crippen LogP) is 3.09. The molecule has 2 rings (SSSR count). The van der Waals surface area contributed by atoms with Crippen molar-refractivity contribution in [3.63, 3.8) is 0 Å². The van der Waals surface area contributed by atoms with E-state index in [0.717, 1.165) is 0 Å². The first-order valence-electron chi connectivity index (χ1n) is 7.73. The smallest absolute Gasteiger partial charge is 0.279 e. The van der Waals surface area contributed by atoms with Gasteiger partial charge in [-0.25, -0.2) is 4.39 Å². The average molecular weight is 314 g/mol. The van der Waals surface area contributed by atoms with Crippen LogP contribution in [0.2, 0.25) is 5.02 Å². The third-order valence-corrected chi connectivity index (χ3v) is 4.22. The van der Waals surface area contributed by atoms with Crippen molar-refractivity contribution in [1.82, 2.24) is 0 Å². The average Bonchev–Trinajstić information content (AvgIpc) is 2.42. The molecule has 1 amide bonds. The van der Waals surface area contributed by atoms with Crippen LogP contribution in [0.4, 0.5) is 10.1 Å². The van der Waals surface area contributed by atoms with Crippen molar-refractivity contribution in [2.24, 2.45) is 0 Å². The van der Waals surface area contributed by atoms with E-state index in [9.17, 15) is 9.18 Å². The van der Waals surface area contributed by atoms with Gasteiger partial charge in [0.2, 0.25) is 0 Å². The Kier molecular flexibility index (Phi) is 6.46. The van der Waals surface area contributed by atoms with Crippen LogP contribution in [0.5, 0.6) is 0 Å². The fourth-order valence-corrected chi connectivity index (χ4v) is 2.96. The number of halogens is 2. The van der Waals surface area contributed by atoms with Gasteiger partial charge < -0.3 is 10.6 Å². The minimum Gasteiger partial charge on any atom is -0.336 e. The Morgan fingerprint density at radius 3 is 2.62 bits per heavy atom. The van der Waals surface area contributed by atoms with Gasteiger partial charge in [0.25, 0.3) is 5.91 Å². The van der Waals surface area contributed by atoms with Gasteiger partial charge in [0.15, 0.2) is 6.54 Å². The number of nitrogens with two attached hydrogens (primary N) is 1. The van der Waals surface area contributed by atoms with Gasteiger partial charge in [-0.3, -0.25) is 4.79 Å². The minimum absolute atomic E-state index is 0.151. The molecule has 1 aromatic carbocycles. The molecule has 0 bridgehead atoms. The molecule has 3 N–H and O–H groups in total. The second-order valence-electron chi connectivity index (χ2n) is 5.72.